The Bertz CT molecular complexity index is 549. The van der Waals surface area contributed by atoms with Crippen LogP contribution in [0.3, 0.4) is 0 Å². The third-order valence-electron chi connectivity index (χ3n) is 3.44. The number of benzene rings is 1. The summed E-state index contributed by atoms with van der Waals surface area (Å²) in [5.41, 5.74) is 10.1. The Morgan fingerprint density at radius 3 is 2.40 bits per heavy atom. The molecule has 3 heteroatoms. The lowest BCUT2D eigenvalue weighted by molar-refractivity contribution is 0.543. The van der Waals surface area contributed by atoms with E-state index in [1.54, 1.807) is 0 Å². The maximum Gasteiger partial charge on any atom is 0.0710 e. The quantitative estimate of drug-likeness (QED) is 0.929. The van der Waals surface area contributed by atoms with Crippen molar-refractivity contribution in [1.82, 2.24) is 9.78 Å². The summed E-state index contributed by atoms with van der Waals surface area (Å²) in [6, 6.07) is 10.6. The van der Waals surface area contributed by atoms with Crippen molar-refractivity contribution in [1.29, 1.82) is 0 Å². The smallest absolute Gasteiger partial charge is 0.0710 e. The fourth-order valence-electron chi connectivity index (χ4n) is 2.59. The van der Waals surface area contributed by atoms with Crippen LogP contribution in [0.1, 0.15) is 37.6 Å². The Morgan fingerprint density at radius 2 is 1.80 bits per heavy atom. The molecule has 0 radical (unpaired) electrons. The molecule has 1 atom stereocenters. The summed E-state index contributed by atoms with van der Waals surface area (Å²) >= 11 is 0. The predicted octanol–water partition coefficient (Wildman–Crippen LogP) is 2.83. The Morgan fingerprint density at radius 1 is 1.15 bits per heavy atom. The fraction of sp³-hybridized carbons (Fsp3) is 0.471. The van der Waals surface area contributed by atoms with E-state index in [-0.39, 0.29) is 11.5 Å². The Balaban J connectivity index is 2.10. The van der Waals surface area contributed by atoms with Gasteiger partial charge in [-0.1, -0.05) is 51.1 Å². The molecule has 0 spiro atoms. The van der Waals surface area contributed by atoms with Crippen LogP contribution in [0.2, 0.25) is 0 Å². The fourth-order valence-corrected chi connectivity index (χ4v) is 2.59. The average Bonchev–Trinajstić information content (AvgIpc) is 2.71. The zero-order chi connectivity index (χ0) is 14.8. The number of nitrogens with zero attached hydrogens (tertiary/aromatic N) is 2. The molecule has 0 saturated carbocycles. The lowest BCUT2D eigenvalue weighted by Gasteiger charge is -2.19. The van der Waals surface area contributed by atoms with Crippen molar-refractivity contribution in [3.8, 4) is 0 Å². The SMILES string of the molecule is Cn1cc(CC(N)Cc2ccccc2)c(C(C)(C)C)n1. The summed E-state index contributed by atoms with van der Waals surface area (Å²) in [6.45, 7) is 6.59. The summed E-state index contributed by atoms with van der Waals surface area (Å²) in [7, 11) is 1.97. The minimum absolute atomic E-state index is 0.0586. The molecule has 1 aromatic carbocycles. The molecule has 1 heterocycles. The summed E-state index contributed by atoms with van der Waals surface area (Å²) in [5, 5.41) is 4.60. The minimum atomic E-state index is 0.0586. The standard InChI is InChI=1S/C17H25N3/c1-17(2,3)16-14(12-20(4)19-16)11-15(18)10-13-8-6-5-7-9-13/h5-9,12,15H,10-11,18H2,1-4H3. The molecule has 0 bridgehead atoms. The second-order valence-electron chi connectivity index (χ2n) is 6.58. The highest BCUT2D eigenvalue weighted by atomic mass is 15.3. The van der Waals surface area contributed by atoms with Crippen molar-refractivity contribution in [2.75, 3.05) is 0 Å². The summed E-state index contributed by atoms with van der Waals surface area (Å²) in [4.78, 5) is 0. The van der Waals surface area contributed by atoms with E-state index in [9.17, 15) is 0 Å². The molecule has 2 rings (SSSR count). The Hall–Kier alpha value is -1.61. The van der Waals surface area contributed by atoms with Gasteiger partial charge in [0.25, 0.3) is 0 Å². The van der Waals surface area contributed by atoms with Crippen molar-refractivity contribution in [2.24, 2.45) is 12.8 Å². The predicted molar refractivity (Wildman–Crippen MR) is 83.7 cm³/mol. The van der Waals surface area contributed by atoms with Gasteiger partial charge in [0.15, 0.2) is 0 Å². The van der Waals surface area contributed by atoms with Crippen molar-refractivity contribution in [3.63, 3.8) is 0 Å². The number of hydrogen-bond acceptors (Lipinski definition) is 2. The largest absolute Gasteiger partial charge is 0.327 e. The van der Waals surface area contributed by atoms with Gasteiger partial charge in [-0.3, -0.25) is 4.68 Å². The average molecular weight is 271 g/mol. The van der Waals surface area contributed by atoms with Crippen LogP contribution >= 0.6 is 0 Å². The second-order valence-corrected chi connectivity index (χ2v) is 6.58. The van der Waals surface area contributed by atoms with Crippen LogP contribution < -0.4 is 5.73 Å². The molecule has 1 unspecified atom stereocenters. The third-order valence-corrected chi connectivity index (χ3v) is 3.44. The van der Waals surface area contributed by atoms with Gasteiger partial charge in [-0.25, -0.2) is 0 Å². The van der Waals surface area contributed by atoms with E-state index < -0.39 is 0 Å². The number of aromatic nitrogens is 2. The van der Waals surface area contributed by atoms with Gasteiger partial charge in [0.1, 0.15) is 0 Å². The molecule has 0 fully saturated rings. The summed E-state index contributed by atoms with van der Waals surface area (Å²) < 4.78 is 1.89. The molecule has 0 aliphatic carbocycles. The van der Waals surface area contributed by atoms with E-state index in [0.717, 1.165) is 18.5 Å². The first-order chi connectivity index (χ1) is 9.36. The second kappa shape index (κ2) is 5.80. The van der Waals surface area contributed by atoms with Gasteiger partial charge in [-0.15, -0.1) is 0 Å². The summed E-state index contributed by atoms with van der Waals surface area (Å²) in [5.74, 6) is 0. The highest BCUT2D eigenvalue weighted by Gasteiger charge is 2.22. The lowest BCUT2D eigenvalue weighted by atomic mass is 9.87. The van der Waals surface area contributed by atoms with Gasteiger partial charge in [0.2, 0.25) is 0 Å². The molecule has 0 aliphatic rings. The first kappa shape index (κ1) is 14.8. The number of nitrogens with two attached hydrogens (primary N) is 1. The van der Waals surface area contributed by atoms with Crippen LogP contribution in [0.4, 0.5) is 0 Å². The lowest BCUT2D eigenvalue weighted by Crippen LogP contribution is -2.27. The van der Waals surface area contributed by atoms with Gasteiger partial charge >= 0.3 is 0 Å². The number of rotatable bonds is 4. The molecule has 0 aliphatic heterocycles. The molecule has 1 aromatic heterocycles. The van der Waals surface area contributed by atoms with Gasteiger partial charge < -0.3 is 5.73 Å². The monoisotopic (exact) mass is 271 g/mol. The molecule has 108 valence electrons. The van der Waals surface area contributed by atoms with Gasteiger partial charge in [-0.2, -0.15) is 5.10 Å². The third kappa shape index (κ3) is 3.70. The van der Waals surface area contributed by atoms with E-state index in [1.807, 2.05) is 17.8 Å². The molecule has 20 heavy (non-hydrogen) atoms. The zero-order valence-electron chi connectivity index (χ0n) is 12.9. The van der Waals surface area contributed by atoms with Crippen LogP contribution in [0.15, 0.2) is 36.5 Å². The first-order valence-electron chi connectivity index (χ1n) is 7.19. The molecule has 0 saturated heterocycles. The van der Waals surface area contributed by atoms with Crippen LogP contribution in [0.5, 0.6) is 0 Å². The zero-order valence-corrected chi connectivity index (χ0v) is 12.9. The highest BCUT2D eigenvalue weighted by Crippen LogP contribution is 2.25. The molecule has 2 N–H and O–H groups in total. The highest BCUT2D eigenvalue weighted by molar-refractivity contribution is 5.26. The topological polar surface area (TPSA) is 43.8 Å². The van der Waals surface area contributed by atoms with E-state index in [0.29, 0.717) is 0 Å². The van der Waals surface area contributed by atoms with Crippen LogP contribution in [0.25, 0.3) is 0 Å². The van der Waals surface area contributed by atoms with Crippen molar-refractivity contribution in [3.05, 3.63) is 53.3 Å². The van der Waals surface area contributed by atoms with Crippen LogP contribution in [0, 0.1) is 0 Å². The van der Waals surface area contributed by atoms with Gasteiger partial charge in [0.05, 0.1) is 5.69 Å². The van der Waals surface area contributed by atoms with Crippen LogP contribution in [-0.2, 0) is 25.3 Å². The molecule has 3 nitrogen and oxygen atoms in total. The first-order valence-corrected chi connectivity index (χ1v) is 7.19. The van der Waals surface area contributed by atoms with Crippen molar-refractivity contribution < 1.29 is 0 Å². The molecular weight excluding hydrogens is 246 g/mol. The van der Waals surface area contributed by atoms with Gasteiger partial charge in [-0.05, 0) is 24.0 Å². The Kier molecular flexibility index (Phi) is 4.29. The molecular formula is C17H25N3. The number of hydrogen-bond donors (Lipinski definition) is 1. The Labute approximate surface area is 121 Å². The van der Waals surface area contributed by atoms with E-state index in [2.05, 4.69) is 56.3 Å². The van der Waals surface area contributed by atoms with Crippen LogP contribution in [-0.4, -0.2) is 15.8 Å². The number of aryl methyl sites for hydroxylation is 1. The molecule has 2 aromatic rings. The maximum atomic E-state index is 6.32. The van der Waals surface area contributed by atoms with E-state index in [4.69, 9.17) is 5.73 Å². The molecule has 0 amide bonds. The van der Waals surface area contributed by atoms with Gasteiger partial charge in [0, 0.05) is 24.7 Å². The maximum absolute atomic E-state index is 6.32. The minimum Gasteiger partial charge on any atom is -0.327 e. The van der Waals surface area contributed by atoms with Crippen molar-refractivity contribution in [2.45, 2.75) is 45.1 Å². The summed E-state index contributed by atoms with van der Waals surface area (Å²) in [6.07, 6.45) is 3.88. The van der Waals surface area contributed by atoms with Crippen molar-refractivity contribution >= 4 is 0 Å². The van der Waals surface area contributed by atoms with E-state index in [1.165, 1.54) is 11.1 Å². The normalized spacial score (nSPS) is 13.4. The van der Waals surface area contributed by atoms with E-state index >= 15 is 0 Å².